The monoisotopic (exact) mass is 677 g/mol. The third-order valence-corrected chi connectivity index (χ3v) is 12.4. The fourth-order valence-corrected chi connectivity index (χ4v) is 10.3. The molecular weight excluding hydrogens is 625 g/mol. The van der Waals surface area contributed by atoms with Crippen LogP contribution in [-0.2, 0) is 25.6 Å². The number of carbonyl (C=O) groups excluding carboxylic acids is 5. The summed E-state index contributed by atoms with van der Waals surface area (Å²) in [7, 11) is 0. The number of nitrogens with zero attached hydrogens (tertiary/aromatic N) is 1. The quantitative estimate of drug-likeness (QED) is 0.278. The zero-order valence-electron chi connectivity index (χ0n) is 29.1. The van der Waals surface area contributed by atoms with Crippen LogP contribution in [0.15, 0.2) is 24.3 Å². The van der Waals surface area contributed by atoms with E-state index in [1.54, 1.807) is 4.90 Å². The van der Waals surface area contributed by atoms with E-state index >= 15 is 0 Å². The highest BCUT2D eigenvalue weighted by Crippen LogP contribution is 2.55. The molecule has 1 aliphatic heterocycles. The highest BCUT2D eigenvalue weighted by molar-refractivity contribution is 6.38. The Balaban J connectivity index is 1.09. The molecule has 8 rings (SSSR count). The van der Waals surface area contributed by atoms with Crippen LogP contribution in [0.25, 0.3) is 0 Å². The van der Waals surface area contributed by atoms with Crippen molar-refractivity contribution in [3.8, 4) is 0 Å². The molecule has 266 valence electrons. The molecular formula is C38H52FN5O5. The van der Waals surface area contributed by atoms with Gasteiger partial charge in [-0.2, -0.15) is 0 Å². The van der Waals surface area contributed by atoms with Crippen LogP contribution in [-0.4, -0.2) is 70.7 Å². The Morgan fingerprint density at radius 3 is 2.12 bits per heavy atom. The van der Waals surface area contributed by atoms with Gasteiger partial charge in [0.2, 0.25) is 17.6 Å². The van der Waals surface area contributed by atoms with Crippen molar-refractivity contribution in [2.75, 3.05) is 6.54 Å². The van der Waals surface area contributed by atoms with Gasteiger partial charge in [-0.15, -0.1) is 0 Å². The van der Waals surface area contributed by atoms with Gasteiger partial charge in [0.15, 0.2) is 0 Å². The van der Waals surface area contributed by atoms with Gasteiger partial charge in [-0.1, -0.05) is 39.3 Å². The van der Waals surface area contributed by atoms with E-state index in [-0.39, 0.29) is 41.8 Å². The fraction of sp³-hybridized carbons (Fsp3) is 0.711. The summed E-state index contributed by atoms with van der Waals surface area (Å²) in [5.41, 5.74) is -0.259. The Hall–Kier alpha value is -3.50. The van der Waals surface area contributed by atoms with Crippen LogP contribution in [0.2, 0.25) is 0 Å². The van der Waals surface area contributed by atoms with E-state index in [4.69, 9.17) is 0 Å². The number of Topliss-reactive ketones (excluding diaryl/α,β-unsaturated/α-hetero) is 1. The van der Waals surface area contributed by atoms with Crippen LogP contribution in [0.4, 0.5) is 9.18 Å². The van der Waals surface area contributed by atoms with Crippen LogP contribution in [0.5, 0.6) is 0 Å². The number of amides is 5. The zero-order chi connectivity index (χ0) is 34.7. The first kappa shape index (κ1) is 34.0. The minimum Gasteiger partial charge on any atom is -0.347 e. The molecule has 4 bridgehead atoms. The van der Waals surface area contributed by atoms with Crippen molar-refractivity contribution in [3.05, 3.63) is 35.6 Å². The van der Waals surface area contributed by atoms with E-state index in [2.05, 4.69) is 21.3 Å². The van der Waals surface area contributed by atoms with Crippen molar-refractivity contribution in [1.29, 1.82) is 0 Å². The highest BCUT2D eigenvalue weighted by atomic mass is 19.1. The lowest BCUT2D eigenvalue weighted by Crippen LogP contribution is -2.65. The van der Waals surface area contributed by atoms with Crippen molar-refractivity contribution in [1.82, 2.24) is 26.2 Å². The SMILES string of the molecule is CC(C)(C)[C@H](NC(=O)NC12CC3CC(CC(C3)C1)C2)C(=O)N1C[C@@H]2CCC[C@@H]2[C@H]1C(=O)N[C@@H](Cc1ccc(F)cc1)C(=O)C(=O)NC1CC1. The van der Waals surface area contributed by atoms with Gasteiger partial charge >= 0.3 is 6.03 Å². The summed E-state index contributed by atoms with van der Waals surface area (Å²) < 4.78 is 13.7. The first-order valence-corrected chi connectivity index (χ1v) is 18.6. The molecule has 5 amide bonds. The number of rotatable bonds is 10. The molecule has 11 heteroatoms. The van der Waals surface area contributed by atoms with Crippen LogP contribution in [0, 0.1) is 40.8 Å². The predicted molar refractivity (Wildman–Crippen MR) is 180 cm³/mol. The minimum absolute atomic E-state index is 0.00830. The molecule has 7 fully saturated rings. The van der Waals surface area contributed by atoms with E-state index in [0.29, 0.717) is 29.9 Å². The molecule has 0 spiro atoms. The average molecular weight is 678 g/mol. The summed E-state index contributed by atoms with van der Waals surface area (Å²) in [4.78, 5) is 70.5. The predicted octanol–water partition coefficient (Wildman–Crippen LogP) is 4.01. The molecule has 10 nitrogen and oxygen atoms in total. The number of carbonyl (C=O) groups is 5. The topological polar surface area (TPSA) is 137 Å². The summed E-state index contributed by atoms with van der Waals surface area (Å²) in [6.45, 7) is 6.15. The van der Waals surface area contributed by atoms with Crippen LogP contribution in [0.3, 0.4) is 0 Å². The molecule has 6 aliphatic carbocycles. The van der Waals surface area contributed by atoms with E-state index in [1.165, 1.54) is 43.5 Å². The zero-order valence-corrected chi connectivity index (χ0v) is 29.1. The number of likely N-dealkylation sites (tertiary alicyclic amines) is 1. The van der Waals surface area contributed by atoms with E-state index in [9.17, 15) is 28.4 Å². The molecule has 1 saturated heterocycles. The molecule has 4 N–H and O–H groups in total. The molecule has 49 heavy (non-hydrogen) atoms. The van der Waals surface area contributed by atoms with Gasteiger partial charge in [0, 0.05) is 24.5 Å². The van der Waals surface area contributed by atoms with Gasteiger partial charge < -0.3 is 26.2 Å². The van der Waals surface area contributed by atoms with Gasteiger partial charge in [-0.05, 0) is 117 Å². The summed E-state index contributed by atoms with van der Waals surface area (Å²) in [5, 5.41) is 12.0. The summed E-state index contributed by atoms with van der Waals surface area (Å²) >= 11 is 0. The maximum atomic E-state index is 14.6. The Morgan fingerprint density at radius 2 is 1.53 bits per heavy atom. The lowest BCUT2D eigenvalue weighted by molar-refractivity contribution is -0.144. The largest absolute Gasteiger partial charge is 0.347 e. The summed E-state index contributed by atoms with van der Waals surface area (Å²) in [6.07, 6.45) is 11.0. The van der Waals surface area contributed by atoms with Crippen LogP contribution in [0.1, 0.15) is 97.0 Å². The van der Waals surface area contributed by atoms with Gasteiger partial charge in [-0.25, -0.2) is 9.18 Å². The van der Waals surface area contributed by atoms with Crippen molar-refractivity contribution in [2.24, 2.45) is 35.0 Å². The Bertz CT molecular complexity index is 1450. The number of benzene rings is 1. The molecule has 7 aliphatic rings. The molecule has 0 radical (unpaired) electrons. The second-order valence-corrected chi connectivity index (χ2v) is 17.4. The summed E-state index contributed by atoms with van der Waals surface area (Å²) in [6, 6.07) is 2.36. The first-order valence-electron chi connectivity index (χ1n) is 18.6. The molecule has 6 saturated carbocycles. The van der Waals surface area contributed by atoms with Gasteiger partial charge in [-0.3, -0.25) is 19.2 Å². The van der Waals surface area contributed by atoms with Gasteiger partial charge in [0.25, 0.3) is 5.91 Å². The Kier molecular flexibility index (Phi) is 9.01. The molecule has 0 aromatic heterocycles. The summed E-state index contributed by atoms with van der Waals surface area (Å²) in [5.74, 6) is -0.714. The fourth-order valence-electron chi connectivity index (χ4n) is 10.3. The average Bonchev–Trinajstić information content (AvgIpc) is 3.58. The van der Waals surface area contributed by atoms with Crippen LogP contribution < -0.4 is 21.3 Å². The van der Waals surface area contributed by atoms with E-state index in [1.807, 2.05) is 20.8 Å². The lowest BCUT2D eigenvalue weighted by Gasteiger charge is -2.56. The number of hydrogen-bond donors (Lipinski definition) is 4. The molecule has 1 heterocycles. The number of fused-ring (bicyclic) bond motifs is 1. The molecule has 1 aromatic carbocycles. The number of ketones is 1. The minimum atomic E-state index is -1.18. The second-order valence-electron chi connectivity index (χ2n) is 17.4. The van der Waals surface area contributed by atoms with Crippen LogP contribution >= 0.6 is 0 Å². The first-order chi connectivity index (χ1) is 23.3. The third kappa shape index (κ3) is 7.22. The van der Waals surface area contributed by atoms with Crippen molar-refractivity contribution >= 4 is 29.5 Å². The van der Waals surface area contributed by atoms with E-state index in [0.717, 1.165) is 51.4 Å². The number of nitrogens with one attached hydrogen (secondary N) is 4. The molecule has 1 aromatic rings. The number of urea groups is 1. The Morgan fingerprint density at radius 1 is 0.898 bits per heavy atom. The van der Waals surface area contributed by atoms with Crippen molar-refractivity contribution in [2.45, 2.75) is 128 Å². The maximum Gasteiger partial charge on any atom is 0.315 e. The highest BCUT2D eigenvalue weighted by Gasteiger charge is 2.54. The Labute approximate surface area is 288 Å². The number of halogens is 1. The lowest BCUT2D eigenvalue weighted by atomic mass is 9.53. The number of hydrogen-bond acceptors (Lipinski definition) is 5. The van der Waals surface area contributed by atoms with E-state index < -0.39 is 47.0 Å². The normalized spacial score (nSPS) is 32.6. The smallest absolute Gasteiger partial charge is 0.315 e. The van der Waals surface area contributed by atoms with Crippen molar-refractivity contribution in [3.63, 3.8) is 0 Å². The second kappa shape index (κ2) is 13.0. The maximum absolute atomic E-state index is 14.6. The standard InChI is InChI=1S/C38H52FN5O5/c1-37(2,3)32(42-36(49)43-38-17-22-13-23(18-38)15-24(14-22)19-38)35(48)44-20-25-5-4-6-28(25)30(44)33(46)41-29(16-21-7-9-26(39)10-8-21)31(45)34(47)40-27-11-12-27/h7-10,22-25,27-30,32H,4-6,11-20H2,1-3H3,(H,40,47)(H,41,46)(H2,42,43,49)/t22?,23?,24?,25-,28-,29-,30-,32+,38?/m0/s1. The van der Waals surface area contributed by atoms with Gasteiger partial charge in [0.1, 0.15) is 23.9 Å². The van der Waals surface area contributed by atoms with Crippen molar-refractivity contribution < 1.29 is 28.4 Å². The third-order valence-electron chi connectivity index (χ3n) is 12.4. The van der Waals surface area contributed by atoms with Gasteiger partial charge in [0.05, 0.1) is 0 Å². The molecule has 0 unspecified atom stereocenters. The molecule has 5 atom stereocenters.